The molecule has 0 bridgehead atoms. The van der Waals surface area contributed by atoms with E-state index in [9.17, 15) is 10.1 Å². The predicted octanol–water partition coefficient (Wildman–Crippen LogP) is 4.41. The molecule has 0 aliphatic carbocycles. The molecule has 0 radical (unpaired) electrons. The maximum atomic E-state index is 10.9. The van der Waals surface area contributed by atoms with Crippen molar-refractivity contribution in [1.29, 1.82) is 0 Å². The second-order valence-corrected chi connectivity index (χ2v) is 6.81. The third-order valence-electron chi connectivity index (χ3n) is 3.62. The van der Waals surface area contributed by atoms with Crippen molar-refractivity contribution in [3.05, 3.63) is 33.9 Å². The van der Waals surface area contributed by atoms with E-state index < -0.39 is 0 Å². The lowest BCUT2D eigenvalue weighted by Crippen LogP contribution is -2.30. The first-order chi connectivity index (χ1) is 9.88. The van der Waals surface area contributed by atoms with Crippen molar-refractivity contribution >= 4 is 40.7 Å². The summed E-state index contributed by atoms with van der Waals surface area (Å²) in [5.74, 6) is 1.68. The van der Waals surface area contributed by atoms with E-state index in [0.29, 0.717) is 17.6 Å². The van der Waals surface area contributed by atoms with E-state index >= 15 is 0 Å². The molecule has 5 nitrogen and oxygen atoms in total. The minimum Gasteiger partial charge on any atom is -0.350 e. The highest BCUT2D eigenvalue weighted by Gasteiger charge is 2.27. The van der Waals surface area contributed by atoms with Gasteiger partial charge >= 0.3 is 0 Å². The number of aliphatic imine (C=N–C) groups is 1. The zero-order valence-electron chi connectivity index (χ0n) is 13.3. The van der Waals surface area contributed by atoms with Crippen LogP contribution in [-0.2, 0) is 0 Å². The molecule has 0 aromatic heterocycles. The maximum Gasteiger partial charge on any atom is 0.271 e. The second kappa shape index (κ2) is 7.83. The van der Waals surface area contributed by atoms with Gasteiger partial charge in [-0.15, -0.1) is 12.4 Å². The second-order valence-electron chi connectivity index (χ2n) is 5.83. The fourth-order valence-electron chi connectivity index (χ4n) is 2.36. The average molecular weight is 344 g/mol. The summed E-state index contributed by atoms with van der Waals surface area (Å²) in [5, 5.41) is 11.8. The minimum absolute atomic E-state index is 0. The molecule has 0 saturated carbocycles. The summed E-state index contributed by atoms with van der Waals surface area (Å²) in [7, 11) is 2.05. The Kier molecular flexibility index (Phi) is 6.68. The van der Waals surface area contributed by atoms with E-state index in [1.807, 2.05) is 6.92 Å². The number of nitro groups is 1. The lowest BCUT2D eigenvalue weighted by atomic mass is 10.0. The van der Waals surface area contributed by atoms with Crippen LogP contribution in [0.3, 0.4) is 0 Å². The van der Waals surface area contributed by atoms with E-state index in [0.717, 1.165) is 22.9 Å². The summed E-state index contributed by atoms with van der Waals surface area (Å²) < 4.78 is 0. The summed E-state index contributed by atoms with van der Waals surface area (Å²) in [6.45, 7) is 6.37. The molecule has 1 fully saturated rings. The molecule has 22 heavy (non-hydrogen) atoms. The quantitative estimate of drug-likeness (QED) is 0.600. The van der Waals surface area contributed by atoms with Crippen LogP contribution in [-0.4, -0.2) is 33.8 Å². The van der Waals surface area contributed by atoms with E-state index in [2.05, 4.69) is 30.8 Å². The molecular formula is C15H22ClN3O2S. The number of hydrogen-bond donors (Lipinski definition) is 0. The molecule has 0 N–H and O–H groups in total. The van der Waals surface area contributed by atoms with Gasteiger partial charge in [0, 0.05) is 31.0 Å². The van der Waals surface area contributed by atoms with E-state index in [4.69, 9.17) is 0 Å². The van der Waals surface area contributed by atoms with Gasteiger partial charge < -0.3 is 4.90 Å². The van der Waals surface area contributed by atoms with Crippen LogP contribution in [0.1, 0.15) is 25.8 Å². The minimum atomic E-state index is -0.379. The number of thioether (sulfide) groups is 1. The number of benzene rings is 1. The van der Waals surface area contributed by atoms with Gasteiger partial charge in [0.2, 0.25) is 0 Å². The number of nitrogens with zero attached hydrogens (tertiary/aromatic N) is 3. The van der Waals surface area contributed by atoms with Crippen molar-refractivity contribution in [2.75, 3.05) is 12.8 Å². The first-order valence-electron chi connectivity index (χ1n) is 7.08. The van der Waals surface area contributed by atoms with Gasteiger partial charge in [-0.25, -0.2) is 4.99 Å². The van der Waals surface area contributed by atoms with Crippen LogP contribution in [0, 0.1) is 23.0 Å². The van der Waals surface area contributed by atoms with Gasteiger partial charge in [0.25, 0.3) is 5.69 Å². The Morgan fingerprint density at radius 1 is 1.50 bits per heavy atom. The largest absolute Gasteiger partial charge is 0.350 e. The van der Waals surface area contributed by atoms with Crippen LogP contribution in [0.5, 0.6) is 0 Å². The SMILES string of the molecule is Cc1ccc([N+](=O)[O-])cc1N=C1SC[C@@H](CC(C)C)N1C.Cl. The predicted molar refractivity (Wildman–Crippen MR) is 95.6 cm³/mol. The molecular weight excluding hydrogens is 322 g/mol. The van der Waals surface area contributed by atoms with Crippen molar-refractivity contribution in [2.45, 2.75) is 33.2 Å². The Labute approximate surface area is 141 Å². The van der Waals surface area contributed by atoms with Crippen LogP contribution in [0.25, 0.3) is 0 Å². The standard InChI is InChI=1S/C15H21N3O2S.ClH/c1-10(2)7-13-9-21-15(17(13)4)16-14-8-12(18(19)20)6-5-11(14)3;/h5-6,8,10,13H,7,9H2,1-4H3;1H/t13-;/m1./s1. The molecule has 1 atom stereocenters. The molecule has 0 unspecified atom stereocenters. The van der Waals surface area contributed by atoms with Crippen LogP contribution in [0.15, 0.2) is 23.2 Å². The Morgan fingerprint density at radius 2 is 2.18 bits per heavy atom. The molecule has 1 aromatic carbocycles. The molecule has 1 aromatic rings. The summed E-state index contributed by atoms with van der Waals surface area (Å²) in [4.78, 5) is 17.3. The summed E-state index contributed by atoms with van der Waals surface area (Å²) in [6, 6.07) is 5.31. The first kappa shape index (κ1) is 18.8. The van der Waals surface area contributed by atoms with Gasteiger partial charge in [-0.2, -0.15) is 0 Å². The van der Waals surface area contributed by atoms with Gasteiger partial charge in [-0.05, 0) is 24.8 Å². The smallest absolute Gasteiger partial charge is 0.271 e. The highest BCUT2D eigenvalue weighted by molar-refractivity contribution is 8.14. The maximum absolute atomic E-state index is 10.9. The number of nitro benzene ring substituents is 1. The lowest BCUT2D eigenvalue weighted by molar-refractivity contribution is -0.384. The van der Waals surface area contributed by atoms with Crippen molar-refractivity contribution in [3.63, 3.8) is 0 Å². The number of amidine groups is 1. The van der Waals surface area contributed by atoms with Crippen LogP contribution in [0.2, 0.25) is 0 Å². The molecule has 7 heteroatoms. The van der Waals surface area contributed by atoms with Crippen LogP contribution in [0.4, 0.5) is 11.4 Å². The topological polar surface area (TPSA) is 58.7 Å². The normalized spacial score (nSPS) is 19.6. The zero-order chi connectivity index (χ0) is 15.6. The van der Waals surface area contributed by atoms with Gasteiger partial charge in [-0.1, -0.05) is 31.7 Å². The van der Waals surface area contributed by atoms with Crippen molar-refractivity contribution in [3.8, 4) is 0 Å². The lowest BCUT2D eigenvalue weighted by Gasteiger charge is -2.22. The molecule has 1 heterocycles. The van der Waals surface area contributed by atoms with Gasteiger partial charge in [-0.3, -0.25) is 10.1 Å². The summed E-state index contributed by atoms with van der Waals surface area (Å²) >= 11 is 1.72. The third kappa shape index (κ3) is 4.36. The monoisotopic (exact) mass is 343 g/mol. The summed E-state index contributed by atoms with van der Waals surface area (Å²) in [5.41, 5.74) is 1.72. The van der Waals surface area contributed by atoms with Gasteiger partial charge in [0.1, 0.15) is 0 Å². The first-order valence-corrected chi connectivity index (χ1v) is 8.06. The highest BCUT2D eigenvalue weighted by Crippen LogP contribution is 2.31. The summed E-state index contributed by atoms with van der Waals surface area (Å²) in [6.07, 6.45) is 1.14. The Morgan fingerprint density at radius 3 is 2.77 bits per heavy atom. The molecule has 0 spiro atoms. The average Bonchev–Trinajstić information content (AvgIpc) is 2.73. The molecule has 1 saturated heterocycles. The van der Waals surface area contributed by atoms with E-state index in [-0.39, 0.29) is 23.0 Å². The van der Waals surface area contributed by atoms with Crippen molar-refractivity contribution in [1.82, 2.24) is 4.90 Å². The van der Waals surface area contributed by atoms with Crippen LogP contribution < -0.4 is 0 Å². The fourth-order valence-corrected chi connectivity index (χ4v) is 3.57. The number of halogens is 1. The Bertz CT molecular complexity index is 578. The molecule has 1 aliphatic rings. The Balaban J connectivity index is 0.00000242. The number of rotatable bonds is 4. The molecule has 1 aliphatic heterocycles. The van der Waals surface area contributed by atoms with E-state index in [1.54, 1.807) is 23.9 Å². The van der Waals surface area contributed by atoms with Crippen molar-refractivity contribution in [2.24, 2.45) is 10.9 Å². The fraction of sp³-hybridized carbons (Fsp3) is 0.533. The zero-order valence-corrected chi connectivity index (χ0v) is 14.9. The number of hydrogen-bond acceptors (Lipinski definition) is 4. The third-order valence-corrected chi connectivity index (χ3v) is 4.81. The number of aryl methyl sites for hydroxylation is 1. The molecule has 122 valence electrons. The number of non-ortho nitro benzene ring substituents is 1. The van der Waals surface area contributed by atoms with E-state index in [1.165, 1.54) is 6.07 Å². The molecule has 2 rings (SSSR count). The highest BCUT2D eigenvalue weighted by atomic mass is 35.5. The molecule has 0 amide bonds. The van der Waals surface area contributed by atoms with Gasteiger partial charge in [0.15, 0.2) is 5.17 Å². The van der Waals surface area contributed by atoms with Gasteiger partial charge in [0.05, 0.1) is 10.6 Å². The van der Waals surface area contributed by atoms with Crippen molar-refractivity contribution < 1.29 is 4.92 Å². The Hall–Kier alpha value is -1.27. The van der Waals surface area contributed by atoms with Crippen LogP contribution >= 0.6 is 24.2 Å².